The minimum atomic E-state index is -4.22. The second-order valence-electron chi connectivity index (χ2n) is 6.59. The average Bonchev–Trinajstić information content (AvgIpc) is 2.56. The third-order valence-electron chi connectivity index (χ3n) is 4.80. The third-order valence-corrected chi connectivity index (χ3v) is 4.80. The summed E-state index contributed by atoms with van der Waals surface area (Å²) < 4.78 is 36.4. The Hall–Kier alpha value is -2.69. The summed E-state index contributed by atoms with van der Waals surface area (Å²) in [5.74, 6) is 0.265. The van der Waals surface area contributed by atoms with Crippen LogP contribution in [0.2, 0.25) is 0 Å². The van der Waals surface area contributed by atoms with Crippen molar-refractivity contribution in [1.82, 2.24) is 0 Å². The van der Waals surface area contributed by atoms with Gasteiger partial charge in [-0.15, -0.1) is 0 Å². The maximum Gasteiger partial charge on any atom is 0.834 e. The Morgan fingerprint density at radius 2 is 1.68 bits per heavy atom. The lowest BCUT2D eigenvalue weighted by Gasteiger charge is -2.32. The highest BCUT2D eigenvalue weighted by molar-refractivity contribution is 6.54. The fourth-order valence-corrected chi connectivity index (χ4v) is 3.62. The van der Waals surface area contributed by atoms with Crippen molar-refractivity contribution >= 4 is 29.2 Å². The van der Waals surface area contributed by atoms with Crippen LogP contribution >= 0.6 is 0 Å². The molecule has 0 atom stereocenters. The van der Waals surface area contributed by atoms with E-state index in [1.807, 2.05) is 62.4 Å². The molecule has 0 radical (unpaired) electrons. The molecule has 0 fully saturated rings. The van der Waals surface area contributed by atoms with E-state index in [0.29, 0.717) is 22.3 Å². The molecule has 3 aromatic rings. The molecule has 0 aliphatic carbocycles. The van der Waals surface area contributed by atoms with Crippen molar-refractivity contribution in [2.24, 2.45) is 0 Å². The molecule has 1 aliphatic heterocycles. The molecular weight excluding hydrogens is 319 g/mol. The number of rotatable bonds is 1. The van der Waals surface area contributed by atoms with E-state index in [1.165, 1.54) is 0 Å². The van der Waals surface area contributed by atoms with Crippen molar-refractivity contribution in [3.63, 3.8) is 0 Å². The molecular formula is C20H18BF2NO. The van der Waals surface area contributed by atoms with E-state index in [4.69, 9.17) is 4.65 Å². The van der Waals surface area contributed by atoms with Crippen LogP contribution in [-0.2, 0) is 0 Å². The predicted octanol–water partition coefficient (Wildman–Crippen LogP) is 5.38. The van der Waals surface area contributed by atoms with E-state index in [1.54, 1.807) is 13.0 Å². The molecule has 5 heteroatoms. The van der Waals surface area contributed by atoms with Crippen molar-refractivity contribution in [3.8, 4) is 5.75 Å². The van der Waals surface area contributed by atoms with E-state index in [-0.39, 0.29) is 5.75 Å². The highest BCUT2D eigenvalue weighted by Crippen LogP contribution is 2.39. The zero-order chi connectivity index (χ0) is 17.8. The first-order chi connectivity index (χ1) is 11.9. The van der Waals surface area contributed by atoms with Gasteiger partial charge in [0.15, 0.2) is 5.69 Å². The molecule has 1 heterocycles. The van der Waals surface area contributed by atoms with Gasteiger partial charge in [0.05, 0.1) is 11.3 Å². The van der Waals surface area contributed by atoms with Gasteiger partial charge in [0, 0.05) is 23.9 Å². The fraction of sp³-hybridized carbons (Fsp3) is 0.150. The summed E-state index contributed by atoms with van der Waals surface area (Å²) in [7, 11) is -4.22. The first-order valence-corrected chi connectivity index (χ1v) is 8.31. The van der Waals surface area contributed by atoms with Gasteiger partial charge >= 0.3 is 7.04 Å². The number of halogens is 2. The Morgan fingerprint density at radius 3 is 2.44 bits per heavy atom. The van der Waals surface area contributed by atoms with Gasteiger partial charge in [-0.2, -0.15) is 0 Å². The number of nitrogens with zero attached hydrogens (tertiary/aromatic N) is 1. The Labute approximate surface area is 145 Å². The van der Waals surface area contributed by atoms with Crippen LogP contribution in [0.1, 0.15) is 23.6 Å². The molecule has 0 bridgehead atoms. The van der Waals surface area contributed by atoms with Gasteiger partial charge in [-0.05, 0) is 31.4 Å². The molecule has 126 valence electrons. The maximum atomic E-state index is 15.0. The van der Waals surface area contributed by atoms with Gasteiger partial charge in [-0.1, -0.05) is 42.0 Å². The second-order valence-corrected chi connectivity index (χ2v) is 6.59. The van der Waals surface area contributed by atoms with Crippen LogP contribution in [-0.4, -0.2) is 17.2 Å². The first kappa shape index (κ1) is 15.8. The molecule has 0 saturated heterocycles. The van der Waals surface area contributed by atoms with Crippen LogP contribution < -0.4 is 4.65 Å². The number of aryl methyl sites for hydroxylation is 2. The zero-order valence-electron chi connectivity index (χ0n) is 14.4. The number of hydrogen-bond donors (Lipinski definition) is 0. The summed E-state index contributed by atoms with van der Waals surface area (Å²) in [4.78, 5) is 0. The standard InChI is InChI=1S/C20H18BF2NO/c1-13-8-11-19(14(2)12-13)24-15(3)17-10-9-16-6-4-5-7-18(16)20(17)25-21(24,22)23/h4-12H,1-3H3. The molecule has 3 aromatic carbocycles. The van der Waals surface area contributed by atoms with E-state index in [9.17, 15) is 0 Å². The van der Waals surface area contributed by atoms with Gasteiger partial charge < -0.3 is 17.8 Å². The average molecular weight is 337 g/mol. The number of hydrogen-bond acceptors (Lipinski definition) is 1. The van der Waals surface area contributed by atoms with Crippen molar-refractivity contribution in [2.45, 2.75) is 20.8 Å². The summed E-state index contributed by atoms with van der Waals surface area (Å²) in [6.45, 7) is 5.52. The molecule has 0 unspecified atom stereocenters. The van der Waals surface area contributed by atoms with E-state index in [0.717, 1.165) is 21.0 Å². The van der Waals surface area contributed by atoms with Crippen LogP contribution in [0.5, 0.6) is 5.75 Å². The van der Waals surface area contributed by atoms with Crippen molar-refractivity contribution in [1.29, 1.82) is 0 Å². The highest BCUT2D eigenvalue weighted by Gasteiger charge is 2.52. The van der Waals surface area contributed by atoms with Gasteiger partial charge in [-0.25, -0.2) is 0 Å². The topological polar surface area (TPSA) is 12.2 Å². The summed E-state index contributed by atoms with van der Waals surface area (Å²) in [5, 5.41) is 1.60. The van der Waals surface area contributed by atoms with Gasteiger partial charge in [0.25, 0.3) is 0 Å². The monoisotopic (exact) mass is 337 g/mol. The number of benzene rings is 3. The summed E-state index contributed by atoms with van der Waals surface area (Å²) in [6, 6.07) is 16.7. The van der Waals surface area contributed by atoms with E-state index in [2.05, 4.69) is 0 Å². The molecule has 4 rings (SSSR count). The number of fused-ring (bicyclic) bond motifs is 3. The normalized spacial score (nSPS) is 15.9. The molecule has 0 aromatic heterocycles. The quantitative estimate of drug-likeness (QED) is 0.543. The molecule has 0 amide bonds. The SMILES string of the molecule is CC1=[N+](c2ccc(C)cc2C)[B-](F)(F)Oc2c1ccc1ccccc21. The molecule has 0 saturated carbocycles. The summed E-state index contributed by atoms with van der Waals surface area (Å²) >= 11 is 0. The lowest BCUT2D eigenvalue weighted by atomic mass is 9.91. The Morgan fingerprint density at radius 1 is 0.920 bits per heavy atom. The van der Waals surface area contributed by atoms with Crippen LogP contribution in [0.4, 0.5) is 14.3 Å². The Kier molecular flexibility index (Phi) is 3.42. The maximum absolute atomic E-state index is 15.0. The Balaban J connectivity index is 2.03. The molecule has 1 aliphatic rings. The minimum Gasteiger partial charge on any atom is -0.598 e. The van der Waals surface area contributed by atoms with E-state index >= 15 is 8.63 Å². The van der Waals surface area contributed by atoms with Gasteiger partial charge in [0.1, 0.15) is 5.71 Å². The first-order valence-electron chi connectivity index (χ1n) is 8.31. The highest BCUT2D eigenvalue weighted by atomic mass is 19.3. The summed E-state index contributed by atoms with van der Waals surface area (Å²) in [5.41, 5.74) is 3.52. The Bertz CT molecular complexity index is 1040. The van der Waals surface area contributed by atoms with Crippen LogP contribution in [0.25, 0.3) is 10.8 Å². The molecule has 25 heavy (non-hydrogen) atoms. The minimum absolute atomic E-state index is 0.265. The van der Waals surface area contributed by atoms with Crippen LogP contribution in [0.3, 0.4) is 0 Å². The predicted molar refractivity (Wildman–Crippen MR) is 98.2 cm³/mol. The van der Waals surface area contributed by atoms with Gasteiger partial charge in [0.2, 0.25) is 0 Å². The van der Waals surface area contributed by atoms with Crippen LogP contribution in [0.15, 0.2) is 54.6 Å². The smallest absolute Gasteiger partial charge is 0.598 e. The molecule has 0 spiro atoms. The van der Waals surface area contributed by atoms with Crippen molar-refractivity contribution in [2.75, 3.05) is 0 Å². The lowest BCUT2D eigenvalue weighted by molar-refractivity contribution is -0.350. The third kappa shape index (κ3) is 2.42. The fourth-order valence-electron chi connectivity index (χ4n) is 3.62. The lowest BCUT2D eigenvalue weighted by Crippen LogP contribution is -2.49. The zero-order valence-corrected chi connectivity index (χ0v) is 14.4. The second kappa shape index (κ2) is 5.41. The molecule has 2 nitrogen and oxygen atoms in total. The van der Waals surface area contributed by atoms with E-state index < -0.39 is 7.04 Å². The van der Waals surface area contributed by atoms with Crippen molar-refractivity contribution in [3.05, 3.63) is 71.3 Å². The summed E-state index contributed by atoms with van der Waals surface area (Å²) in [6.07, 6.45) is 0. The molecule has 0 N–H and O–H groups in total. The largest absolute Gasteiger partial charge is 0.834 e. The van der Waals surface area contributed by atoms with Crippen LogP contribution in [0, 0.1) is 13.8 Å². The van der Waals surface area contributed by atoms with Gasteiger partial charge in [-0.3, -0.25) is 0 Å². The van der Waals surface area contributed by atoms with Crippen molar-refractivity contribution < 1.29 is 17.8 Å².